The molecule has 1 atom stereocenters. The lowest BCUT2D eigenvalue weighted by molar-refractivity contribution is 0.122. The van der Waals surface area contributed by atoms with Crippen molar-refractivity contribution in [2.45, 2.75) is 13.0 Å². The van der Waals surface area contributed by atoms with Gasteiger partial charge in [0.15, 0.2) is 0 Å². The molecule has 0 bridgehead atoms. The Morgan fingerprint density at radius 1 is 1.38 bits per heavy atom. The molecule has 1 N–H and O–H groups in total. The molecule has 4 heteroatoms. The van der Waals surface area contributed by atoms with Gasteiger partial charge in [-0.15, -0.1) is 0 Å². The Morgan fingerprint density at radius 2 is 2.12 bits per heavy atom. The number of rotatable bonds is 3. The summed E-state index contributed by atoms with van der Waals surface area (Å²) in [7, 11) is 1.95. The molecule has 1 aromatic heterocycles. The van der Waals surface area contributed by atoms with Crippen LogP contribution in [0.4, 0.5) is 5.69 Å². The van der Waals surface area contributed by atoms with Crippen molar-refractivity contribution in [1.29, 1.82) is 0 Å². The average Bonchev–Trinajstić information content (AvgIpc) is 2.39. The van der Waals surface area contributed by atoms with E-state index in [1.165, 1.54) is 5.69 Å². The molecule has 2 rings (SSSR count). The van der Waals surface area contributed by atoms with Crippen molar-refractivity contribution in [2.75, 3.05) is 38.3 Å². The highest BCUT2D eigenvalue weighted by Gasteiger charge is 2.12. The van der Waals surface area contributed by atoms with E-state index in [0.29, 0.717) is 6.04 Å². The Hall–Kier alpha value is -1.13. The molecule has 1 saturated heterocycles. The third-order valence-electron chi connectivity index (χ3n) is 3.02. The largest absolute Gasteiger partial charge is 0.378 e. The van der Waals surface area contributed by atoms with Crippen LogP contribution in [-0.2, 0) is 4.74 Å². The minimum Gasteiger partial charge on any atom is -0.378 e. The van der Waals surface area contributed by atoms with Gasteiger partial charge in [0.2, 0.25) is 0 Å². The summed E-state index contributed by atoms with van der Waals surface area (Å²) in [5.41, 5.74) is 2.27. The number of hydrogen-bond acceptors (Lipinski definition) is 4. The van der Waals surface area contributed by atoms with Gasteiger partial charge in [0.25, 0.3) is 0 Å². The van der Waals surface area contributed by atoms with E-state index in [1.807, 2.05) is 13.2 Å². The van der Waals surface area contributed by atoms with Crippen LogP contribution in [0, 0.1) is 0 Å². The van der Waals surface area contributed by atoms with Crippen molar-refractivity contribution in [2.24, 2.45) is 0 Å². The molecule has 0 saturated carbocycles. The summed E-state index contributed by atoms with van der Waals surface area (Å²) in [4.78, 5) is 6.79. The molecular formula is C12H19N3O. The van der Waals surface area contributed by atoms with Crippen molar-refractivity contribution in [3.8, 4) is 0 Å². The SMILES string of the molecule is CNC(C)c1ccc(N2CCOCC2)cn1. The molecule has 16 heavy (non-hydrogen) atoms. The second-order valence-electron chi connectivity index (χ2n) is 4.05. The number of nitrogens with one attached hydrogen (secondary N) is 1. The summed E-state index contributed by atoms with van der Waals surface area (Å²) in [6.45, 7) is 5.66. The van der Waals surface area contributed by atoms with E-state index in [0.717, 1.165) is 32.0 Å². The maximum Gasteiger partial charge on any atom is 0.0642 e. The smallest absolute Gasteiger partial charge is 0.0642 e. The highest BCUT2D eigenvalue weighted by atomic mass is 16.5. The molecule has 1 unspecified atom stereocenters. The van der Waals surface area contributed by atoms with Crippen molar-refractivity contribution >= 4 is 5.69 Å². The minimum absolute atomic E-state index is 0.304. The van der Waals surface area contributed by atoms with E-state index in [2.05, 4.69) is 34.3 Å². The van der Waals surface area contributed by atoms with Gasteiger partial charge in [0.1, 0.15) is 0 Å². The summed E-state index contributed by atoms with van der Waals surface area (Å²) in [5.74, 6) is 0. The standard InChI is InChI=1S/C12H19N3O/c1-10(13-2)12-4-3-11(9-14-12)15-5-7-16-8-6-15/h3-4,9-10,13H,5-8H2,1-2H3. The van der Waals surface area contributed by atoms with Crippen molar-refractivity contribution < 1.29 is 4.74 Å². The van der Waals surface area contributed by atoms with E-state index in [9.17, 15) is 0 Å². The quantitative estimate of drug-likeness (QED) is 0.832. The third kappa shape index (κ3) is 2.51. The van der Waals surface area contributed by atoms with Crippen LogP contribution >= 0.6 is 0 Å². The maximum atomic E-state index is 5.33. The fraction of sp³-hybridized carbons (Fsp3) is 0.583. The van der Waals surface area contributed by atoms with E-state index in [4.69, 9.17) is 4.74 Å². The summed E-state index contributed by atoms with van der Waals surface area (Å²) < 4.78 is 5.33. The molecule has 0 amide bonds. The second kappa shape index (κ2) is 5.27. The Kier molecular flexibility index (Phi) is 3.74. The van der Waals surface area contributed by atoms with Gasteiger partial charge in [-0.05, 0) is 26.1 Å². The molecule has 2 heterocycles. The van der Waals surface area contributed by atoms with Crippen LogP contribution in [0.2, 0.25) is 0 Å². The van der Waals surface area contributed by atoms with E-state index in [1.54, 1.807) is 0 Å². The molecule has 0 aliphatic carbocycles. The van der Waals surface area contributed by atoms with E-state index >= 15 is 0 Å². The van der Waals surface area contributed by atoms with Crippen LogP contribution < -0.4 is 10.2 Å². The molecule has 0 aromatic carbocycles. The minimum atomic E-state index is 0.304. The topological polar surface area (TPSA) is 37.4 Å². The van der Waals surface area contributed by atoms with E-state index < -0.39 is 0 Å². The number of morpholine rings is 1. The lowest BCUT2D eigenvalue weighted by Gasteiger charge is -2.28. The second-order valence-corrected chi connectivity index (χ2v) is 4.05. The van der Waals surface area contributed by atoms with Crippen molar-refractivity contribution in [3.63, 3.8) is 0 Å². The molecule has 88 valence electrons. The van der Waals surface area contributed by atoms with Crippen LogP contribution in [-0.4, -0.2) is 38.3 Å². The first-order chi connectivity index (χ1) is 7.81. The molecule has 1 fully saturated rings. The highest BCUT2D eigenvalue weighted by molar-refractivity contribution is 5.45. The zero-order chi connectivity index (χ0) is 11.4. The number of ether oxygens (including phenoxy) is 1. The van der Waals surface area contributed by atoms with Gasteiger partial charge in [0, 0.05) is 19.1 Å². The number of nitrogens with zero attached hydrogens (tertiary/aromatic N) is 2. The molecular weight excluding hydrogens is 202 g/mol. The molecule has 0 radical (unpaired) electrons. The third-order valence-corrected chi connectivity index (χ3v) is 3.02. The predicted molar refractivity (Wildman–Crippen MR) is 64.7 cm³/mol. The molecule has 1 aromatic rings. The van der Waals surface area contributed by atoms with Crippen LogP contribution in [0.5, 0.6) is 0 Å². The van der Waals surface area contributed by atoms with Crippen molar-refractivity contribution in [3.05, 3.63) is 24.0 Å². The van der Waals surface area contributed by atoms with Gasteiger partial charge in [-0.3, -0.25) is 4.98 Å². The van der Waals surface area contributed by atoms with Gasteiger partial charge in [0.05, 0.1) is 30.8 Å². The van der Waals surface area contributed by atoms with Crippen LogP contribution in [0.1, 0.15) is 18.7 Å². The summed E-state index contributed by atoms with van der Waals surface area (Å²) in [6, 6.07) is 4.53. The number of hydrogen-bond donors (Lipinski definition) is 1. The highest BCUT2D eigenvalue weighted by Crippen LogP contribution is 2.17. The maximum absolute atomic E-state index is 5.33. The van der Waals surface area contributed by atoms with Gasteiger partial charge in [-0.2, -0.15) is 0 Å². The Balaban J connectivity index is 2.06. The molecule has 4 nitrogen and oxygen atoms in total. The number of pyridine rings is 1. The Labute approximate surface area is 96.6 Å². The zero-order valence-electron chi connectivity index (χ0n) is 9.94. The fourth-order valence-electron chi connectivity index (χ4n) is 1.81. The van der Waals surface area contributed by atoms with Gasteiger partial charge in [-0.1, -0.05) is 0 Å². The van der Waals surface area contributed by atoms with Gasteiger partial charge >= 0.3 is 0 Å². The fourth-order valence-corrected chi connectivity index (χ4v) is 1.81. The molecule has 1 aliphatic heterocycles. The number of aromatic nitrogens is 1. The Bertz CT molecular complexity index is 320. The number of anilines is 1. The first-order valence-corrected chi connectivity index (χ1v) is 5.77. The van der Waals surface area contributed by atoms with Crippen LogP contribution in [0.3, 0.4) is 0 Å². The first-order valence-electron chi connectivity index (χ1n) is 5.77. The van der Waals surface area contributed by atoms with E-state index in [-0.39, 0.29) is 0 Å². The summed E-state index contributed by atoms with van der Waals surface area (Å²) in [5, 5.41) is 3.18. The monoisotopic (exact) mass is 221 g/mol. The average molecular weight is 221 g/mol. The van der Waals surface area contributed by atoms with Gasteiger partial charge in [-0.25, -0.2) is 0 Å². The lowest BCUT2D eigenvalue weighted by Crippen LogP contribution is -2.36. The lowest BCUT2D eigenvalue weighted by atomic mass is 10.2. The Morgan fingerprint density at radius 3 is 2.69 bits per heavy atom. The van der Waals surface area contributed by atoms with Crippen molar-refractivity contribution in [1.82, 2.24) is 10.3 Å². The summed E-state index contributed by atoms with van der Waals surface area (Å²) in [6.07, 6.45) is 1.95. The summed E-state index contributed by atoms with van der Waals surface area (Å²) >= 11 is 0. The zero-order valence-corrected chi connectivity index (χ0v) is 9.94. The van der Waals surface area contributed by atoms with Crippen LogP contribution in [0.25, 0.3) is 0 Å². The normalized spacial score (nSPS) is 18.5. The van der Waals surface area contributed by atoms with Gasteiger partial charge < -0.3 is 15.0 Å². The predicted octanol–water partition coefficient (Wildman–Crippen LogP) is 1.20. The molecule has 0 spiro atoms. The first kappa shape index (κ1) is 11.4. The van der Waals surface area contributed by atoms with Crippen LogP contribution in [0.15, 0.2) is 18.3 Å². The molecule has 1 aliphatic rings.